The van der Waals surface area contributed by atoms with Crippen LogP contribution in [0.1, 0.15) is 48.7 Å². The molecule has 2 aromatic rings. The van der Waals surface area contributed by atoms with Crippen LogP contribution in [0.2, 0.25) is 0 Å². The van der Waals surface area contributed by atoms with Gasteiger partial charge < -0.3 is 5.32 Å². The summed E-state index contributed by atoms with van der Waals surface area (Å²) in [6.07, 6.45) is 3.71. The summed E-state index contributed by atoms with van der Waals surface area (Å²) in [5, 5.41) is 5.72. The molecular weight excluding hydrogens is 330 g/mol. The summed E-state index contributed by atoms with van der Waals surface area (Å²) in [7, 11) is 0. The summed E-state index contributed by atoms with van der Waals surface area (Å²) in [6.45, 7) is 5.36. The summed E-state index contributed by atoms with van der Waals surface area (Å²) in [5.41, 5.74) is 2.78. The minimum absolute atomic E-state index is 0.287. The normalized spacial score (nSPS) is 12.6. The third-order valence-electron chi connectivity index (χ3n) is 3.45. The Morgan fingerprint density at radius 1 is 1.15 bits per heavy atom. The molecule has 0 fully saturated rings. The standard InChI is InChI=1S/C17H22BrNS/c1-3-5-6-13-7-9-14(10-8-13)16(19-4-2)17-15(18)11-12-20-17/h7-12,16,19H,3-6H2,1-2H3. The number of thiophene rings is 1. The molecule has 1 aromatic carbocycles. The largest absolute Gasteiger partial charge is 0.306 e. The number of rotatable bonds is 7. The van der Waals surface area contributed by atoms with Gasteiger partial charge in [-0.05, 0) is 57.9 Å². The van der Waals surface area contributed by atoms with Crippen LogP contribution < -0.4 is 5.32 Å². The zero-order valence-corrected chi connectivity index (χ0v) is 14.6. The Hall–Kier alpha value is -0.640. The molecule has 20 heavy (non-hydrogen) atoms. The Morgan fingerprint density at radius 3 is 2.45 bits per heavy atom. The Morgan fingerprint density at radius 2 is 1.90 bits per heavy atom. The van der Waals surface area contributed by atoms with Crippen LogP contribution in [0.15, 0.2) is 40.2 Å². The Bertz CT molecular complexity index is 518. The number of hydrogen-bond donors (Lipinski definition) is 1. The van der Waals surface area contributed by atoms with Gasteiger partial charge in [-0.25, -0.2) is 0 Å². The van der Waals surface area contributed by atoms with Crippen LogP contribution in [0.4, 0.5) is 0 Å². The van der Waals surface area contributed by atoms with Crippen molar-refractivity contribution in [2.75, 3.05) is 6.54 Å². The first kappa shape index (κ1) is 15.7. The van der Waals surface area contributed by atoms with E-state index in [0.717, 1.165) is 6.54 Å². The van der Waals surface area contributed by atoms with Crippen molar-refractivity contribution in [3.8, 4) is 0 Å². The molecule has 3 heteroatoms. The highest BCUT2D eigenvalue weighted by atomic mass is 79.9. The second-order valence-corrected chi connectivity index (χ2v) is 6.77. The summed E-state index contributed by atoms with van der Waals surface area (Å²) in [5.74, 6) is 0. The SMILES string of the molecule is CCCCc1ccc(C(NCC)c2sccc2Br)cc1. The zero-order chi connectivity index (χ0) is 14.4. The molecule has 0 aliphatic rings. The predicted octanol–water partition coefficient (Wildman–Crippen LogP) is 5.55. The van der Waals surface area contributed by atoms with Crippen molar-refractivity contribution < 1.29 is 0 Å². The van der Waals surface area contributed by atoms with Crippen molar-refractivity contribution >= 4 is 27.3 Å². The van der Waals surface area contributed by atoms with Gasteiger partial charge in [0, 0.05) is 9.35 Å². The molecule has 0 saturated carbocycles. The maximum atomic E-state index is 3.65. The van der Waals surface area contributed by atoms with E-state index in [4.69, 9.17) is 0 Å². The minimum Gasteiger partial charge on any atom is -0.306 e. The molecule has 1 nitrogen and oxygen atoms in total. The van der Waals surface area contributed by atoms with E-state index in [-0.39, 0.29) is 6.04 Å². The average Bonchev–Trinajstić information content (AvgIpc) is 2.89. The van der Waals surface area contributed by atoms with Crippen molar-refractivity contribution in [3.05, 3.63) is 56.2 Å². The number of aryl methyl sites for hydroxylation is 1. The second kappa shape index (κ2) is 7.96. The van der Waals surface area contributed by atoms with E-state index in [1.165, 1.54) is 39.7 Å². The molecule has 0 bridgehead atoms. The fourth-order valence-corrected chi connectivity index (χ4v) is 4.04. The van der Waals surface area contributed by atoms with E-state index < -0.39 is 0 Å². The molecule has 0 aliphatic heterocycles. The molecule has 1 aromatic heterocycles. The van der Waals surface area contributed by atoms with Crippen LogP contribution in [0, 0.1) is 0 Å². The topological polar surface area (TPSA) is 12.0 Å². The van der Waals surface area contributed by atoms with Gasteiger partial charge in [0.1, 0.15) is 0 Å². The molecule has 0 amide bonds. The molecule has 108 valence electrons. The van der Waals surface area contributed by atoms with E-state index in [0.29, 0.717) is 0 Å². The van der Waals surface area contributed by atoms with Crippen molar-refractivity contribution in [2.24, 2.45) is 0 Å². The zero-order valence-electron chi connectivity index (χ0n) is 12.2. The van der Waals surface area contributed by atoms with Gasteiger partial charge in [-0.1, -0.05) is 44.5 Å². The molecule has 0 aliphatic carbocycles. The molecule has 0 spiro atoms. The summed E-state index contributed by atoms with van der Waals surface area (Å²) in [4.78, 5) is 1.35. The molecule has 0 saturated heterocycles. The third kappa shape index (κ3) is 3.94. The lowest BCUT2D eigenvalue weighted by Gasteiger charge is -2.18. The van der Waals surface area contributed by atoms with Crippen molar-refractivity contribution in [2.45, 2.75) is 39.2 Å². The Labute approximate surface area is 134 Å². The number of nitrogens with one attached hydrogen (secondary N) is 1. The van der Waals surface area contributed by atoms with Gasteiger partial charge >= 0.3 is 0 Å². The lowest BCUT2D eigenvalue weighted by Crippen LogP contribution is -2.21. The first-order valence-corrected chi connectivity index (χ1v) is 8.98. The van der Waals surface area contributed by atoms with Gasteiger partial charge in [-0.3, -0.25) is 0 Å². The highest BCUT2D eigenvalue weighted by Crippen LogP contribution is 2.33. The monoisotopic (exact) mass is 351 g/mol. The Balaban J connectivity index is 2.19. The van der Waals surface area contributed by atoms with E-state index in [1.54, 1.807) is 11.3 Å². The average molecular weight is 352 g/mol. The number of hydrogen-bond acceptors (Lipinski definition) is 2. The van der Waals surface area contributed by atoms with Crippen LogP contribution in [0.25, 0.3) is 0 Å². The highest BCUT2D eigenvalue weighted by molar-refractivity contribution is 9.10. The number of unbranched alkanes of at least 4 members (excludes halogenated alkanes) is 1. The van der Waals surface area contributed by atoms with Crippen molar-refractivity contribution in [1.29, 1.82) is 0 Å². The van der Waals surface area contributed by atoms with E-state index >= 15 is 0 Å². The fraction of sp³-hybridized carbons (Fsp3) is 0.412. The lowest BCUT2D eigenvalue weighted by atomic mass is 10.0. The van der Waals surface area contributed by atoms with Gasteiger partial charge in [0.15, 0.2) is 0 Å². The summed E-state index contributed by atoms with van der Waals surface area (Å²) < 4.78 is 1.20. The van der Waals surface area contributed by atoms with Crippen LogP contribution in [0.5, 0.6) is 0 Å². The quantitative estimate of drug-likeness (QED) is 0.689. The van der Waals surface area contributed by atoms with E-state index in [9.17, 15) is 0 Å². The first-order chi connectivity index (χ1) is 9.76. The second-order valence-electron chi connectivity index (χ2n) is 4.97. The first-order valence-electron chi connectivity index (χ1n) is 7.31. The summed E-state index contributed by atoms with van der Waals surface area (Å²) >= 11 is 5.45. The maximum absolute atomic E-state index is 3.65. The van der Waals surface area contributed by atoms with Gasteiger partial charge in [0.05, 0.1) is 6.04 Å². The summed E-state index contributed by atoms with van der Waals surface area (Å²) in [6, 6.07) is 11.5. The smallest absolute Gasteiger partial charge is 0.0682 e. The van der Waals surface area contributed by atoms with Gasteiger partial charge in [0.2, 0.25) is 0 Å². The molecule has 1 unspecified atom stereocenters. The fourth-order valence-electron chi connectivity index (χ4n) is 2.34. The minimum atomic E-state index is 0.287. The van der Waals surface area contributed by atoms with Crippen LogP contribution in [-0.2, 0) is 6.42 Å². The Kier molecular flexibility index (Phi) is 6.27. The molecular formula is C17H22BrNS. The lowest BCUT2D eigenvalue weighted by molar-refractivity contribution is 0.637. The van der Waals surface area contributed by atoms with Crippen LogP contribution in [0.3, 0.4) is 0 Å². The van der Waals surface area contributed by atoms with Crippen LogP contribution >= 0.6 is 27.3 Å². The number of benzene rings is 1. The highest BCUT2D eigenvalue weighted by Gasteiger charge is 2.16. The van der Waals surface area contributed by atoms with Crippen molar-refractivity contribution in [1.82, 2.24) is 5.32 Å². The third-order valence-corrected chi connectivity index (χ3v) is 5.38. The molecule has 0 radical (unpaired) electrons. The van der Waals surface area contributed by atoms with Crippen molar-refractivity contribution in [3.63, 3.8) is 0 Å². The van der Waals surface area contributed by atoms with Gasteiger partial charge in [-0.2, -0.15) is 0 Å². The maximum Gasteiger partial charge on any atom is 0.0682 e. The van der Waals surface area contributed by atoms with Gasteiger partial charge in [-0.15, -0.1) is 11.3 Å². The molecule has 1 heterocycles. The van der Waals surface area contributed by atoms with E-state index in [2.05, 4.69) is 70.8 Å². The van der Waals surface area contributed by atoms with Crippen LogP contribution in [-0.4, -0.2) is 6.54 Å². The predicted molar refractivity (Wildman–Crippen MR) is 92.6 cm³/mol. The number of halogens is 1. The van der Waals surface area contributed by atoms with E-state index in [1.807, 2.05) is 0 Å². The molecule has 2 rings (SSSR count). The molecule has 1 N–H and O–H groups in total. The molecule has 1 atom stereocenters. The van der Waals surface area contributed by atoms with Gasteiger partial charge in [0.25, 0.3) is 0 Å².